The van der Waals surface area contributed by atoms with Gasteiger partial charge in [-0.25, -0.2) is 0 Å². The Morgan fingerprint density at radius 1 is 1.07 bits per heavy atom. The van der Waals surface area contributed by atoms with Gasteiger partial charge in [-0.05, 0) is 51.7 Å². The Labute approximate surface area is 177 Å². The number of aliphatic hydroxyl groups is 1. The number of hydrogen-bond donors (Lipinski definition) is 1. The molecule has 1 saturated heterocycles. The summed E-state index contributed by atoms with van der Waals surface area (Å²) in [5, 5.41) is 11.0. The van der Waals surface area contributed by atoms with Crippen LogP contribution in [0, 0.1) is 0 Å². The zero-order chi connectivity index (χ0) is 21.7. The van der Waals surface area contributed by atoms with Gasteiger partial charge in [-0.2, -0.15) is 0 Å². The highest BCUT2D eigenvalue weighted by molar-refractivity contribution is 6.46. The molecule has 6 nitrogen and oxygen atoms in total. The summed E-state index contributed by atoms with van der Waals surface area (Å²) in [5.41, 5.74) is 1.40. The third kappa shape index (κ3) is 4.54. The molecule has 6 heteroatoms. The first kappa shape index (κ1) is 21.6. The second-order valence-corrected chi connectivity index (χ2v) is 7.52. The number of aliphatic hydroxyl groups excluding tert-OH is 1. The summed E-state index contributed by atoms with van der Waals surface area (Å²) in [5.74, 6) is -0.665. The predicted octanol–water partition coefficient (Wildman–Crippen LogP) is 3.46. The first-order chi connectivity index (χ1) is 14.4. The zero-order valence-corrected chi connectivity index (χ0v) is 17.7. The Bertz CT molecular complexity index is 920. The lowest BCUT2D eigenvalue weighted by atomic mass is 9.95. The average molecular weight is 408 g/mol. The van der Waals surface area contributed by atoms with Crippen LogP contribution in [0.4, 0.5) is 0 Å². The first-order valence-corrected chi connectivity index (χ1v) is 10.1. The Morgan fingerprint density at radius 3 is 2.33 bits per heavy atom. The summed E-state index contributed by atoms with van der Waals surface area (Å²) in [6.45, 7) is 3.67. The number of likely N-dealkylation sites (tertiary alicyclic amines) is 1. The van der Waals surface area contributed by atoms with E-state index < -0.39 is 17.7 Å². The monoisotopic (exact) mass is 408 g/mol. The van der Waals surface area contributed by atoms with Crippen molar-refractivity contribution >= 4 is 17.4 Å². The minimum absolute atomic E-state index is 0.125. The van der Waals surface area contributed by atoms with Gasteiger partial charge in [0.1, 0.15) is 11.5 Å². The lowest BCUT2D eigenvalue weighted by Crippen LogP contribution is -2.32. The lowest BCUT2D eigenvalue weighted by molar-refractivity contribution is -0.139. The molecule has 0 aliphatic carbocycles. The Kier molecular flexibility index (Phi) is 6.90. The number of amides is 1. The molecule has 1 amide bonds. The maximum absolute atomic E-state index is 12.9. The third-order valence-electron chi connectivity index (χ3n) is 5.10. The van der Waals surface area contributed by atoms with Crippen LogP contribution in [-0.4, -0.2) is 60.4 Å². The van der Waals surface area contributed by atoms with Crippen LogP contribution in [0.3, 0.4) is 0 Å². The smallest absolute Gasteiger partial charge is 0.295 e. The number of Topliss-reactive ketones (excluding diaryl/α,β-unsaturated/α-hetero) is 1. The summed E-state index contributed by atoms with van der Waals surface area (Å²) < 4.78 is 5.51. The summed E-state index contributed by atoms with van der Waals surface area (Å²) in [4.78, 5) is 29.4. The van der Waals surface area contributed by atoms with Gasteiger partial charge >= 0.3 is 0 Å². The molecular weight excluding hydrogens is 380 g/mol. The summed E-state index contributed by atoms with van der Waals surface area (Å²) in [6.07, 6.45) is 0.721. The molecule has 1 N–H and O–H groups in total. The molecule has 0 aromatic heterocycles. The van der Waals surface area contributed by atoms with Crippen LogP contribution >= 0.6 is 0 Å². The summed E-state index contributed by atoms with van der Waals surface area (Å²) in [7, 11) is 3.93. The van der Waals surface area contributed by atoms with Crippen LogP contribution in [0.2, 0.25) is 0 Å². The molecule has 0 radical (unpaired) electrons. The lowest BCUT2D eigenvalue weighted by Gasteiger charge is -2.26. The van der Waals surface area contributed by atoms with Crippen molar-refractivity contribution in [1.29, 1.82) is 0 Å². The highest BCUT2D eigenvalue weighted by Crippen LogP contribution is 2.39. The van der Waals surface area contributed by atoms with Gasteiger partial charge in [0.2, 0.25) is 0 Å². The van der Waals surface area contributed by atoms with Crippen LogP contribution in [0.15, 0.2) is 60.2 Å². The van der Waals surface area contributed by atoms with Gasteiger partial charge in [0.15, 0.2) is 0 Å². The van der Waals surface area contributed by atoms with Crippen molar-refractivity contribution in [3.63, 3.8) is 0 Å². The molecule has 30 heavy (non-hydrogen) atoms. The number of rotatable bonds is 8. The Morgan fingerprint density at radius 2 is 1.73 bits per heavy atom. The molecule has 1 fully saturated rings. The third-order valence-corrected chi connectivity index (χ3v) is 5.10. The first-order valence-electron chi connectivity index (χ1n) is 10.1. The number of benzene rings is 2. The second kappa shape index (κ2) is 9.59. The fourth-order valence-electron chi connectivity index (χ4n) is 3.68. The molecule has 1 unspecified atom stereocenters. The van der Waals surface area contributed by atoms with E-state index in [0.29, 0.717) is 24.5 Å². The molecule has 1 aliphatic rings. The molecule has 1 heterocycles. The molecule has 0 saturated carbocycles. The highest BCUT2D eigenvalue weighted by atomic mass is 16.5. The van der Waals surface area contributed by atoms with Crippen LogP contribution < -0.4 is 4.74 Å². The summed E-state index contributed by atoms with van der Waals surface area (Å²) in [6, 6.07) is 15.6. The number of hydrogen-bond acceptors (Lipinski definition) is 5. The van der Waals surface area contributed by atoms with E-state index in [9.17, 15) is 14.7 Å². The fraction of sp³-hybridized carbons (Fsp3) is 0.333. The molecule has 2 aromatic rings. The molecule has 1 atom stereocenters. The van der Waals surface area contributed by atoms with E-state index in [0.717, 1.165) is 18.5 Å². The van der Waals surface area contributed by atoms with E-state index in [1.807, 2.05) is 56.3 Å². The summed E-state index contributed by atoms with van der Waals surface area (Å²) >= 11 is 0. The van der Waals surface area contributed by atoms with E-state index in [2.05, 4.69) is 0 Å². The van der Waals surface area contributed by atoms with E-state index in [1.165, 1.54) is 0 Å². The van der Waals surface area contributed by atoms with Crippen LogP contribution in [0.5, 0.6) is 5.75 Å². The van der Waals surface area contributed by atoms with Crippen molar-refractivity contribution in [2.75, 3.05) is 33.8 Å². The number of ketones is 1. The minimum atomic E-state index is -0.653. The van der Waals surface area contributed by atoms with Crippen molar-refractivity contribution in [3.8, 4) is 5.75 Å². The largest absolute Gasteiger partial charge is 0.507 e. The van der Waals surface area contributed by atoms with Gasteiger partial charge in [0.25, 0.3) is 11.7 Å². The van der Waals surface area contributed by atoms with Crippen LogP contribution in [-0.2, 0) is 9.59 Å². The van der Waals surface area contributed by atoms with Gasteiger partial charge in [-0.3, -0.25) is 9.59 Å². The van der Waals surface area contributed by atoms with Crippen molar-refractivity contribution in [1.82, 2.24) is 9.80 Å². The minimum Gasteiger partial charge on any atom is -0.507 e. The predicted molar refractivity (Wildman–Crippen MR) is 116 cm³/mol. The van der Waals surface area contributed by atoms with Crippen molar-refractivity contribution in [2.24, 2.45) is 0 Å². The number of carbonyl (C=O) groups excluding carboxylic acids is 2. The van der Waals surface area contributed by atoms with Crippen LogP contribution in [0.25, 0.3) is 5.76 Å². The Hall–Kier alpha value is -3.12. The van der Waals surface area contributed by atoms with E-state index in [-0.39, 0.29) is 11.3 Å². The molecule has 1 aliphatic heterocycles. The van der Waals surface area contributed by atoms with Crippen molar-refractivity contribution in [2.45, 2.75) is 19.4 Å². The van der Waals surface area contributed by atoms with Gasteiger partial charge in [-0.1, -0.05) is 42.5 Å². The van der Waals surface area contributed by atoms with Gasteiger partial charge in [0.05, 0.1) is 18.2 Å². The molecule has 158 valence electrons. The van der Waals surface area contributed by atoms with Gasteiger partial charge < -0.3 is 19.6 Å². The maximum Gasteiger partial charge on any atom is 0.295 e. The van der Waals surface area contributed by atoms with Crippen molar-refractivity contribution < 1.29 is 19.4 Å². The zero-order valence-electron chi connectivity index (χ0n) is 17.7. The second-order valence-electron chi connectivity index (χ2n) is 7.52. The normalized spacial score (nSPS) is 18.3. The topological polar surface area (TPSA) is 70.1 Å². The molecule has 2 aromatic carbocycles. The van der Waals surface area contributed by atoms with Gasteiger partial charge in [0, 0.05) is 12.1 Å². The van der Waals surface area contributed by atoms with E-state index in [4.69, 9.17) is 4.74 Å². The highest BCUT2D eigenvalue weighted by Gasteiger charge is 2.45. The fourth-order valence-corrected chi connectivity index (χ4v) is 3.68. The molecule has 3 rings (SSSR count). The Balaban J connectivity index is 2.05. The molecule has 0 bridgehead atoms. The quantitative estimate of drug-likeness (QED) is 0.412. The molecular formula is C24H28N2O4. The standard InChI is InChI=1S/C24H28N2O4/c1-4-30-19-13-11-17(12-14-19)21-20(22(27)18-9-6-5-7-10-18)23(28)24(29)26(21)16-8-15-25(2)3/h5-7,9-14,21,27H,4,8,15-16H2,1-3H3/b22-20-. The number of nitrogens with zero attached hydrogens (tertiary/aromatic N) is 2. The van der Waals surface area contributed by atoms with E-state index >= 15 is 0 Å². The number of carbonyl (C=O) groups is 2. The molecule has 0 spiro atoms. The number of ether oxygens (including phenoxy) is 1. The van der Waals surface area contributed by atoms with Crippen molar-refractivity contribution in [3.05, 3.63) is 71.3 Å². The SMILES string of the molecule is CCOc1ccc(C2/C(=C(/O)c3ccccc3)C(=O)C(=O)N2CCCN(C)C)cc1. The average Bonchev–Trinajstić information content (AvgIpc) is 2.99. The van der Waals surface area contributed by atoms with Crippen LogP contribution in [0.1, 0.15) is 30.5 Å². The van der Waals surface area contributed by atoms with Gasteiger partial charge in [-0.15, -0.1) is 0 Å². The maximum atomic E-state index is 12.9. The van der Waals surface area contributed by atoms with E-state index in [1.54, 1.807) is 29.2 Å².